The molecule has 1 aliphatic rings. The van der Waals surface area contributed by atoms with Crippen molar-refractivity contribution in [3.8, 4) is 0 Å². The first-order valence-corrected chi connectivity index (χ1v) is 7.73. The number of oxime groups is 1. The summed E-state index contributed by atoms with van der Waals surface area (Å²) < 4.78 is 0. The molecular formula is C13H25Cl2NO. The van der Waals surface area contributed by atoms with Gasteiger partial charge in [-0.1, -0.05) is 50.1 Å². The molecule has 1 fully saturated rings. The normalized spacial score (nSPS) is 19.3. The second kappa shape index (κ2) is 14.1. The van der Waals surface area contributed by atoms with Crippen LogP contribution in [0.25, 0.3) is 0 Å². The molecule has 0 unspecified atom stereocenters. The van der Waals surface area contributed by atoms with Crippen LogP contribution in [0.15, 0.2) is 5.16 Å². The molecule has 1 rings (SSSR count). The smallest absolute Gasteiger partial charge is 0.0967 e. The van der Waals surface area contributed by atoms with Gasteiger partial charge in [0.2, 0.25) is 0 Å². The maximum atomic E-state index is 8.78. The van der Waals surface area contributed by atoms with Crippen LogP contribution >= 0.6 is 23.2 Å². The summed E-state index contributed by atoms with van der Waals surface area (Å²) in [5.74, 6) is 0. The fraction of sp³-hybridized carbons (Fsp3) is 0.923. The zero-order chi connectivity index (χ0) is 12.8. The number of halogens is 2. The zero-order valence-electron chi connectivity index (χ0n) is 10.6. The minimum Gasteiger partial charge on any atom is -0.411 e. The molecule has 102 valence electrons. The average Bonchev–Trinajstić information content (AvgIpc) is 2.31. The van der Waals surface area contributed by atoms with Crippen LogP contribution in [-0.4, -0.2) is 16.3 Å². The summed E-state index contributed by atoms with van der Waals surface area (Å²) in [6, 6.07) is 0. The van der Waals surface area contributed by atoms with E-state index in [1.165, 1.54) is 57.8 Å². The van der Waals surface area contributed by atoms with Crippen LogP contribution in [0.5, 0.6) is 0 Å². The number of hydrogen-bond acceptors (Lipinski definition) is 2. The number of hydrogen-bond donors (Lipinski definition) is 1. The molecule has 2 nitrogen and oxygen atoms in total. The van der Waals surface area contributed by atoms with E-state index in [-0.39, 0.29) is 5.34 Å². The van der Waals surface area contributed by atoms with Gasteiger partial charge in [0, 0.05) is 0 Å². The maximum absolute atomic E-state index is 8.78. The van der Waals surface area contributed by atoms with E-state index in [1.54, 1.807) is 0 Å². The first-order valence-electron chi connectivity index (χ1n) is 6.67. The predicted molar refractivity (Wildman–Crippen MR) is 76.6 cm³/mol. The van der Waals surface area contributed by atoms with Crippen molar-refractivity contribution in [2.24, 2.45) is 5.16 Å². The molecule has 0 aliphatic heterocycles. The van der Waals surface area contributed by atoms with Crippen LogP contribution in [-0.2, 0) is 0 Å². The largest absolute Gasteiger partial charge is 0.411 e. The molecule has 0 aromatic heterocycles. The SMILES string of the molecule is ClCCl.ON=C1CCCCCCCCCCC1. The highest BCUT2D eigenvalue weighted by molar-refractivity contribution is 6.40. The van der Waals surface area contributed by atoms with Crippen molar-refractivity contribution in [1.29, 1.82) is 0 Å². The van der Waals surface area contributed by atoms with Crippen molar-refractivity contribution < 1.29 is 5.21 Å². The highest BCUT2D eigenvalue weighted by Crippen LogP contribution is 2.15. The molecule has 17 heavy (non-hydrogen) atoms. The Morgan fingerprint density at radius 3 is 1.35 bits per heavy atom. The van der Waals surface area contributed by atoms with Gasteiger partial charge in [-0.3, -0.25) is 0 Å². The summed E-state index contributed by atoms with van der Waals surface area (Å²) in [6.07, 6.45) is 14.0. The summed E-state index contributed by atoms with van der Waals surface area (Å²) in [5, 5.41) is 12.4. The van der Waals surface area contributed by atoms with E-state index >= 15 is 0 Å². The lowest BCUT2D eigenvalue weighted by Crippen LogP contribution is -1.99. The first kappa shape index (κ1) is 17.1. The maximum Gasteiger partial charge on any atom is 0.0967 e. The Hall–Kier alpha value is 0.0500. The quantitative estimate of drug-likeness (QED) is 0.353. The molecule has 0 heterocycles. The third-order valence-electron chi connectivity index (χ3n) is 3.07. The van der Waals surface area contributed by atoms with E-state index in [9.17, 15) is 0 Å². The van der Waals surface area contributed by atoms with Gasteiger partial charge in [0.25, 0.3) is 0 Å². The van der Waals surface area contributed by atoms with E-state index in [0.29, 0.717) is 0 Å². The Morgan fingerprint density at radius 2 is 1.06 bits per heavy atom. The molecule has 0 bridgehead atoms. The third-order valence-corrected chi connectivity index (χ3v) is 3.07. The number of nitrogens with zero attached hydrogens (tertiary/aromatic N) is 1. The molecule has 0 atom stereocenters. The summed E-state index contributed by atoms with van der Waals surface area (Å²) >= 11 is 9.53. The average molecular weight is 282 g/mol. The first-order chi connectivity index (χ1) is 8.35. The lowest BCUT2D eigenvalue weighted by molar-refractivity contribution is 0.315. The van der Waals surface area contributed by atoms with E-state index in [2.05, 4.69) is 5.16 Å². The van der Waals surface area contributed by atoms with Crippen LogP contribution in [0.2, 0.25) is 0 Å². The highest BCUT2D eigenvalue weighted by Gasteiger charge is 2.02. The molecule has 0 saturated heterocycles. The Kier molecular flexibility index (Phi) is 14.2. The number of alkyl halides is 2. The Labute approximate surface area is 115 Å². The topological polar surface area (TPSA) is 32.6 Å². The van der Waals surface area contributed by atoms with Gasteiger partial charge < -0.3 is 5.21 Å². The minimum absolute atomic E-state index is 0.194. The van der Waals surface area contributed by atoms with Crippen LogP contribution in [0.1, 0.15) is 70.6 Å². The highest BCUT2D eigenvalue weighted by atomic mass is 35.5. The molecule has 0 radical (unpaired) electrons. The van der Waals surface area contributed by atoms with Crippen LogP contribution in [0.4, 0.5) is 0 Å². The third kappa shape index (κ3) is 12.3. The van der Waals surface area contributed by atoms with Crippen LogP contribution in [0, 0.1) is 0 Å². The molecule has 4 heteroatoms. The molecule has 1 saturated carbocycles. The fourth-order valence-corrected chi connectivity index (χ4v) is 2.12. The van der Waals surface area contributed by atoms with Gasteiger partial charge in [-0.15, -0.1) is 23.2 Å². The van der Waals surface area contributed by atoms with Gasteiger partial charge in [-0.25, -0.2) is 0 Å². The predicted octanol–water partition coefficient (Wildman–Crippen LogP) is 5.54. The van der Waals surface area contributed by atoms with Crippen molar-refractivity contribution in [1.82, 2.24) is 0 Å². The molecule has 1 aliphatic carbocycles. The molecular weight excluding hydrogens is 257 g/mol. The van der Waals surface area contributed by atoms with Crippen LogP contribution < -0.4 is 0 Å². The molecule has 0 aromatic carbocycles. The van der Waals surface area contributed by atoms with E-state index in [0.717, 1.165) is 18.6 Å². The second-order valence-electron chi connectivity index (χ2n) is 4.45. The van der Waals surface area contributed by atoms with E-state index < -0.39 is 0 Å². The van der Waals surface area contributed by atoms with E-state index in [4.69, 9.17) is 28.4 Å². The van der Waals surface area contributed by atoms with Crippen LogP contribution in [0.3, 0.4) is 0 Å². The van der Waals surface area contributed by atoms with Crippen molar-refractivity contribution >= 4 is 28.9 Å². The summed E-state index contributed by atoms with van der Waals surface area (Å²) in [5.41, 5.74) is 1.02. The summed E-state index contributed by atoms with van der Waals surface area (Å²) in [4.78, 5) is 0. The lowest BCUT2D eigenvalue weighted by Gasteiger charge is -2.07. The van der Waals surface area contributed by atoms with Crippen molar-refractivity contribution in [2.75, 3.05) is 5.34 Å². The van der Waals surface area contributed by atoms with Gasteiger partial charge in [-0.2, -0.15) is 0 Å². The molecule has 0 amide bonds. The Morgan fingerprint density at radius 1 is 0.765 bits per heavy atom. The zero-order valence-corrected chi connectivity index (χ0v) is 12.1. The summed E-state index contributed by atoms with van der Waals surface area (Å²) in [7, 11) is 0. The second-order valence-corrected chi connectivity index (χ2v) is 5.26. The van der Waals surface area contributed by atoms with Gasteiger partial charge in [0.1, 0.15) is 0 Å². The minimum atomic E-state index is 0.194. The molecule has 0 spiro atoms. The van der Waals surface area contributed by atoms with Crippen molar-refractivity contribution in [2.45, 2.75) is 70.6 Å². The van der Waals surface area contributed by atoms with Gasteiger partial charge in [0.15, 0.2) is 0 Å². The standard InChI is InChI=1S/C12H23NO.CH2Cl2/c14-13-12-10-8-6-4-2-1-3-5-7-9-11-12;2-1-3/h14H,1-11H2;1H2. The van der Waals surface area contributed by atoms with Crippen molar-refractivity contribution in [3.05, 3.63) is 0 Å². The van der Waals surface area contributed by atoms with Gasteiger partial charge >= 0.3 is 0 Å². The van der Waals surface area contributed by atoms with Gasteiger partial charge in [-0.05, 0) is 25.7 Å². The molecule has 1 N–H and O–H groups in total. The van der Waals surface area contributed by atoms with E-state index in [1.807, 2.05) is 0 Å². The summed E-state index contributed by atoms with van der Waals surface area (Å²) in [6.45, 7) is 0. The van der Waals surface area contributed by atoms with Crippen molar-refractivity contribution in [3.63, 3.8) is 0 Å². The Bertz CT molecular complexity index is 172. The number of rotatable bonds is 0. The molecule has 0 aromatic rings. The monoisotopic (exact) mass is 281 g/mol. The Balaban J connectivity index is 0.000000770. The fourth-order valence-electron chi connectivity index (χ4n) is 2.12. The lowest BCUT2D eigenvalue weighted by atomic mass is 10.00. The van der Waals surface area contributed by atoms with Gasteiger partial charge in [0.05, 0.1) is 11.1 Å².